The first-order valence-electron chi connectivity index (χ1n) is 7.68. The Labute approximate surface area is 152 Å². The third-order valence-electron chi connectivity index (χ3n) is 3.87. The van der Waals surface area contributed by atoms with Crippen LogP contribution in [0.1, 0.15) is 11.3 Å². The number of ether oxygens (including phenoxy) is 1. The van der Waals surface area contributed by atoms with Crippen molar-refractivity contribution in [2.24, 2.45) is 0 Å². The summed E-state index contributed by atoms with van der Waals surface area (Å²) < 4.78 is 4.95. The molecule has 1 aromatic heterocycles. The van der Waals surface area contributed by atoms with Crippen molar-refractivity contribution in [1.82, 2.24) is 4.98 Å². The third-order valence-corrected chi connectivity index (χ3v) is 3.87. The molecule has 0 radical (unpaired) electrons. The van der Waals surface area contributed by atoms with Gasteiger partial charge in [0.05, 0.1) is 33.6 Å². The number of non-ortho nitro benzene ring substituents is 1. The van der Waals surface area contributed by atoms with Gasteiger partial charge in [0.15, 0.2) is 5.75 Å². The molecule has 3 aromatic rings. The quantitative estimate of drug-likeness (QED) is 0.534. The van der Waals surface area contributed by atoms with E-state index in [9.17, 15) is 25.3 Å². The van der Waals surface area contributed by atoms with Gasteiger partial charge in [-0.25, -0.2) is 4.98 Å². The Morgan fingerprint density at radius 3 is 2.44 bits per heavy atom. The average molecular weight is 367 g/mol. The number of phenols is 1. The van der Waals surface area contributed by atoms with E-state index in [1.807, 2.05) is 0 Å². The van der Waals surface area contributed by atoms with Gasteiger partial charge in [0.1, 0.15) is 0 Å². The number of hydrogen-bond acceptors (Lipinski definition) is 7. The summed E-state index contributed by atoms with van der Waals surface area (Å²) in [5.74, 6) is -0.568. The van der Waals surface area contributed by atoms with Crippen LogP contribution in [-0.4, -0.2) is 27.0 Å². The molecule has 136 valence electrons. The molecule has 0 saturated heterocycles. The van der Waals surface area contributed by atoms with E-state index in [2.05, 4.69) is 4.98 Å². The first-order valence-corrected chi connectivity index (χ1v) is 7.68. The van der Waals surface area contributed by atoms with Crippen LogP contribution in [0.5, 0.6) is 11.5 Å². The van der Waals surface area contributed by atoms with Gasteiger partial charge in [-0.1, -0.05) is 12.1 Å². The molecule has 1 N–H and O–H groups in total. The first kappa shape index (κ1) is 17.8. The zero-order valence-corrected chi connectivity index (χ0v) is 14.0. The van der Waals surface area contributed by atoms with Crippen LogP contribution >= 0.6 is 0 Å². The topological polar surface area (TPSA) is 129 Å². The fourth-order valence-corrected chi connectivity index (χ4v) is 2.59. The lowest BCUT2D eigenvalue weighted by molar-refractivity contribution is -0.386. The summed E-state index contributed by atoms with van der Waals surface area (Å²) in [6.07, 6.45) is 3.17. The lowest BCUT2D eigenvalue weighted by atomic mass is 10.1. The molecule has 2 aromatic carbocycles. The predicted molar refractivity (Wildman–Crippen MR) is 98.6 cm³/mol. The Morgan fingerprint density at radius 1 is 1.04 bits per heavy atom. The Bertz CT molecular complexity index is 1090. The van der Waals surface area contributed by atoms with E-state index in [0.29, 0.717) is 22.2 Å². The second-order valence-electron chi connectivity index (χ2n) is 5.52. The third kappa shape index (κ3) is 3.52. The number of hydrogen-bond donors (Lipinski definition) is 1. The van der Waals surface area contributed by atoms with Crippen molar-refractivity contribution in [3.05, 3.63) is 74.0 Å². The largest absolute Gasteiger partial charge is 0.500 e. The van der Waals surface area contributed by atoms with Crippen LogP contribution in [0.4, 0.5) is 11.4 Å². The van der Waals surface area contributed by atoms with Crippen molar-refractivity contribution in [1.29, 1.82) is 0 Å². The summed E-state index contributed by atoms with van der Waals surface area (Å²) in [6.45, 7) is 0. The minimum Gasteiger partial charge on any atom is -0.500 e. The van der Waals surface area contributed by atoms with E-state index in [0.717, 1.165) is 0 Å². The van der Waals surface area contributed by atoms with Gasteiger partial charge in [0.2, 0.25) is 5.75 Å². The van der Waals surface area contributed by atoms with Gasteiger partial charge in [-0.3, -0.25) is 20.2 Å². The number of fused-ring (bicyclic) bond motifs is 1. The summed E-state index contributed by atoms with van der Waals surface area (Å²) in [6, 6.07) is 10.5. The average Bonchev–Trinajstić information content (AvgIpc) is 2.66. The van der Waals surface area contributed by atoms with Gasteiger partial charge in [0, 0.05) is 12.1 Å². The number of pyridine rings is 1. The van der Waals surface area contributed by atoms with Crippen molar-refractivity contribution >= 4 is 34.4 Å². The molecule has 0 atom stereocenters. The Hall–Kier alpha value is -4.01. The maximum absolute atomic E-state index is 11.1. The molecule has 0 spiro atoms. The summed E-state index contributed by atoms with van der Waals surface area (Å²) in [5, 5.41) is 32.3. The molecule has 0 saturated carbocycles. The highest BCUT2D eigenvalue weighted by Crippen LogP contribution is 2.37. The number of aromatic nitrogens is 1. The highest BCUT2D eigenvalue weighted by Gasteiger charge is 2.19. The van der Waals surface area contributed by atoms with Crippen LogP contribution < -0.4 is 4.74 Å². The van der Waals surface area contributed by atoms with Crippen molar-refractivity contribution in [2.45, 2.75) is 0 Å². The molecule has 27 heavy (non-hydrogen) atoms. The number of aromatic hydroxyl groups is 1. The minimum absolute atomic E-state index is 0.0223. The maximum atomic E-state index is 11.1. The molecule has 0 unspecified atom stereocenters. The standard InChI is InChI=1S/C18H13N3O6/c1-27-17-10-11(9-16(18(17)22)21(25)26)5-6-12-7-8-13-14(19-12)3-2-4-15(13)20(23)24/h2-10,22H,1H3. The SMILES string of the molecule is COc1cc(C=Cc2ccc3c([N+](=O)[O-])cccc3n2)cc([N+](=O)[O-])c1O. The van der Waals surface area contributed by atoms with Crippen molar-refractivity contribution in [3.63, 3.8) is 0 Å². The number of rotatable bonds is 5. The fourth-order valence-electron chi connectivity index (χ4n) is 2.59. The smallest absolute Gasteiger partial charge is 0.315 e. The first-order chi connectivity index (χ1) is 12.9. The molecule has 1 heterocycles. The molecule has 3 rings (SSSR count). The summed E-state index contributed by atoms with van der Waals surface area (Å²) in [4.78, 5) is 25.3. The molecule has 0 bridgehead atoms. The lowest BCUT2D eigenvalue weighted by Crippen LogP contribution is -1.93. The number of phenolic OH excluding ortho intramolecular Hbond substituents is 1. The van der Waals surface area contributed by atoms with Gasteiger partial charge in [-0.05, 0) is 35.9 Å². The molecular weight excluding hydrogens is 354 g/mol. The molecule has 0 aliphatic rings. The summed E-state index contributed by atoms with van der Waals surface area (Å²) in [5.41, 5.74) is 0.890. The van der Waals surface area contributed by atoms with Gasteiger partial charge in [-0.15, -0.1) is 0 Å². The second kappa shape index (κ2) is 7.08. The Balaban J connectivity index is 2.00. The summed E-state index contributed by atoms with van der Waals surface area (Å²) >= 11 is 0. The highest BCUT2D eigenvalue weighted by atomic mass is 16.6. The van der Waals surface area contributed by atoms with Crippen LogP contribution in [0.3, 0.4) is 0 Å². The molecule has 0 fully saturated rings. The van der Waals surface area contributed by atoms with Gasteiger partial charge >= 0.3 is 5.69 Å². The molecule has 0 aliphatic heterocycles. The minimum atomic E-state index is -0.706. The van der Waals surface area contributed by atoms with E-state index in [-0.39, 0.29) is 11.4 Å². The van der Waals surface area contributed by atoms with Crippen LogP contribution in [0.25, 0.3) is 23.1 Å². The Morgan fingerprint density at radius 2 is 1.78 bits per heavy atom. The van der Waals surface area contributed by atoms with E-state index in [4.69, 9.17) is 4.74 Å². The van der Waals surface area contributed by atoms with E-state index < -0.39 is 21.3 Å². The van der Waals surface area contributed by atoms with Crippen molar-refractivity contribution in [3.8, 4) is 11.5 Å². The number of benzene rings is 2. The van der Waals surface area contributed by atoms with Crippen molar-refractivity contribution < 1.29 is 19.7 Å². The van der Waals surface area contributed by atoms with Crippen LogP contribution in [0.15, 0.2) is 42.5 Å². The highest BCUT2D eigenvalue weighted by molar-refractivity contribution is 5.89. The molecular formula is C18H13N3O6. The number of nitro groups is 2. The second-order valence-corrected chi connectivity index (χ2v) is 5.52. The predicted octanol–water partition coefficient (Wildman–Crippen LogP) is 3.94. The fraction of sp³-hybridized carbons (Fsp3) is 0.0556. The monoisotopic (exact) mass is 367 g/mol. The van der Waals surface area contributed by atoms with Gasteiger partial charge in [-0.2, -0.15) is 0 Å². The van der Waals surface area contributed by atoms with E-state index in [1.54, 1.807) is 36.4 Å². The normalized spacial score (nSPS) is 11.0. The van der Waals surface area contributed by atoms with Crippen LogP contribution in [-0.2, 0) is 0 Å². The number of nitrogens with zero attached hydrogens (tertiary/aromatic N) is 3. The zero-order chi connectivity index (χ0) is 19.6. The van der Waals surface area contributed by atoms with Gasteiger partial charge < -0.3 is 9.84 Å². The van der Waals surface area contributed by atoms with Gasteiger partial charge in [0.25, 0.3) is 5.69 Å². The van der Waals surface area contributed by atoms with Crippen molar-refractivity contribution in [2.75, 3.05) is 7.11 Å². The lowest BCUT2D eigenvalue weighted by Gasteiger charge is -2.05. The molecule has 9 heteroatoms. The maximum Gasteiger partial charge on any atom is 0.315 e. The number of nitro benzene ring substituents is 2. The molecule has 0 aliphatic carbocycles. The number of methoxy groups -OCH3 is 1. The molecule has 9 nitrogen and oxygen atoms in total. The summed E-state index contributed by atoms with van der Waals surface area (Å²) in [7, 11) is 1.30. The van der Waals surface area contributed by atoms with E-state index in [1.165, 1.54) is 25.3 Å². The van der Waals surface area contributed by atoms with Crippen LogP contribution in [0.2, 0.25) is 0 Å². The van der Waals surface area contributed by atoms with Crippen LogP contribution in [0, 0.1) is 20.2 Å². The zero-order valence-electron chi connectivity index (χ0n) is 14.0. The molecule has 0 amide bonds. The van der Waals surface area contributed by atoms with E-state index >= 15 is 0 Å². The Kier molecular flexibility index (Phi) is 4.67.